The van der Waals surface area contributed by atoms with Crippen LogP contribution in [-0.2, 0) is 17.6 Å². The Hall–Kier alpha value is -2.62. The molecule has 2 aromatic rings. The quantitative estimate of drug-likeness (QED) is 0.929. The number of likely N-dealkylation sites (N-methyl/N-ethyl adjacent to an activating group) is 1. The summed E-state index contributed by atoms with van der Waals surface area (Å²) >= 11 is 0. The monoisotopic (exact) mass is 336 g/mol. The lowest BCUT2D eigenvalue weighted by atomic mass is 10.1. The maximum Gasteiger partial charge on any atom is 0.254 e. The van der Waals surface area contributed by atoms with E-state index in [9.17, 15) is 9.59 Å². The second-order valence-electron chi connectivity index (χ2n) is 6.79. The van der Waals surface area contributed by atoms with Gasteiger partial charge in [-0.05, 0) is 73.6 Å². The fraction of sp³-hybridized carbons (Fsp3) is 0.333. The van der Waals surface area contributed by atoms with Gasteiger partial charge in [0, 0.05) is 18.3 Å². The largest absolute Gasteiger partial charge is 0.332 e. The normalized spacial score (nSPS) is 12.6. The molecule has 25 heavy (non-hydrogen) atoms. The highest BCUT2D eigenvalue weighted by Gasteiger charge is 2.18. The van der Waals surface area contributed by atoms with Gasteiger partial charge in [-0.2, -0.15) is 0 Å². The number of fused-ring (bicyclic) bond motifs is 1. The Labute approximate surface area is 148 Å². The number of hydrogen-bond acceptors (Lipinski definition) is 2. The fourth-order valence-electron chi connectivity index (χ4n) is 3.29. The molecular formula is C21H24N2O2. The Morgan fingerprint density at radius 2 is 1.84 bits per heavy atom. The van der Waals surface area contributed by atoms with Crippen LogP contribution < -0.4 is 5.32 Å². The number of carbonyl (C=O) groups excluding carboxylic acids is 2. The number of anilines is 1. The first kappa shape index (κ1) is 17.2. The van der Waals surface area contributed by atoms with Crippen LogP contribution in [0.15, 0.2) is 36.4 Å². The molecule has 4 heteroatoms. The van der Waals surface area contributed by atoms with Crippen LogP contribution in [0.2, 0.25) is 0 Å². The lowest BCUT2D eigenvalue weighted by molar-refractivity contribution is -0.116. The van der Waals surface area contributed by atoms with E-state index < -0.39 is 0 Å². The number of benzene rings is 2. The summed E-state index contributed by atoms with van der Waals surface area (Å²) in [5, 5.41) is 2.90. The lowest BCUT2D eigenvalue weighted by Crippen LogP contribution is -2.35. The van der Waals surface area contributed by atoms with Crippen molar-refractivity contribution in [2.24, 2.45) is 0 Å². The van der Waals surface area contributed by atoms with Crippen LogP contribution in [0.1, 0.15) is 39.0 Å². The van der Waals surface area contributed by atoms with Gasteiger partial charge in [0.1, 0.15) is 0 Å². The average molecular weight is 336 g/mol. The predicted molar refractivity (Wildman–Crippen MR) is 100.0 cm³/mol. The van der Waals surface area contributed by atoms with Crippen molar-refractivity contribution in [1.29, 1.82) is 0 Å². The first-order chi connectivity index (χ1) is 12.0. The molecule has 0 saturated heterocycles. The van der Waals surface area contributed by atoms with Crippen molar-refractivity contribution in [2.45, 2.75) is 33.1 Å². The van der Waals surface area contributed by atoms with E-state index in [0.717, 1.165) is 36.1 Å². The second-order valence-corrected chi connectivity index (χ2v) is 6.79. The Kier molecular flexibility index (Phi) is 4.88. The Morgan fingerprint density at radius 3 is 2.64 bits per heavy atom. The van der Waals surface area contributed by atoms with Crippen LogP contribution in [0.25, 0.3) is 0 Å². The molecule has 1 aliphatic carbocycles. The zero-order valence-corrected chi connectivity index (χ0v) is 15.1. The minimum Gasteiger partial charge on any atom is -0.332 e. The van der Waals surface area contributed by atoms with Crippen LogP contribution in [0.3, 0.4) is 0 Å². The molecule has 130 valence electrons. The van der Waals surface area contributed by atoms with Gasteiger partial charge in [0.2, 0.25) is 5.91 Å². The summed E-state index contributed by atoms with van der Waals surface area (Å²) in [6.45, 7) is 4.02. The molecule has 4 nitrogen and oxygen atoms in total. The van der Waals surface area contributed by atoms with Gasteiger partial charge in [-0.15, -0.1) is 0 Å². The van der Waals surface area contributed by atoms with Crippen molar-refractivity contribution in [2.75, 3.05) is 18.9 Å². The molecule has 1 N–H and O–H groups in total. The SMILES string of the molecule is Cc1cccc(NC(=O)CN(C)C(=O)c2ccc3c(c2)CCC3)c1C. The van der Waals surface area contributed by atoms with Gasteiger partial charge in [-0.1, -0.05) is 18.2 Å². The minimum absolute atomic E-state index is 0.0311. The number of rotatable bonds is 4. The van der Waals surface area contributed by atoms with Gasteiger partial charge in [0.05, 0.1) is 6.54 Å². The number of carbonyl (C=O) groups is 2. The summed E-state index contributed by atoms with van der Waals surface area (Å²) in [4.78, 5) is 26.4. The molecule has 0 heterocycles. The van der Waals surface area contributed by atoms with E-state index in [-0.39, 0.29) is 18.4 Å². The summed E-state index contributed by atoms with van der Waals surface area (Å²) in [5.41, 5.74) is 6.22. The van der Waals surface area contributed by atoms with Crippen LogP contribution in [0.4, 0.5) is 5.69 Å². The van der Waals surface area contributed by atoms with E-state index in [1.165, 1.54) is 16.0 Å². The van der Waals surface area contributed by atoms with Crippen molar-refractivity contribution in [1.82, 2.24) is 4.90 Å². The smallest absolute Gasteiger partial charge is 0.254 e. The number of nitrogens with zero attached hydrogens (tertiary/aromatic N) is 1. The Balaban J connectivity index is 1.65. The lowest BCUT2D eigenvalue weighted by Gasteiger charge is -2.18. The van der Waals surface area contributed by atoms with E-state index in [0.29, 0.717) is 5.56 Å². The van der Waals surface area contributed by atoms with E-state index in [1.54, 1.807) is 7.05 Å². The van der Waals surface area contributed by atoms with Crippen molar-refractivity contribution >= 4 is 17.5 Å². The van der Waals surface area contributed by atoms with E-state index >= 15 is 0 Å². The summed E-state index contributed by atoms with van der Waals surface area (Å²) in [6, 6.07) is 11.7. The third kappa shape index (κ3) is 3.73. The maximum absolute atomic E-state index is 12.6. The highest BCUT2D eigenvalue weighted by molar-refractivity contribution is 5.99. The van der Waals surface area contributed by atoms with E-state index in [4.69, 9.17) is 0 Å². The van der Waals surface area contributed by atoms with Gasteiger partial charge in [-0.3, -0.25) is 9.59 Å². The third-order valence-electron chi connectivity index (χ3n) is 4.95. The molecule has 0 unspecified atom stereocenters. The Morgan fingerprint density at radius 1 is 1.08 bits per heavy atom. The van der Waals surface area contributed by atoms with Crippen molar-refractivity contribution < 1.29 is 9.59 Å². The van der Waals surface area contributed by atoms with Gasteiger partial charge < -0.3 is 10.2 Å². The van der Waals surface area contributed by atoms with Gasteiger partial charge in [-0.25, -0.2) is 0 Å². The molecule has 0 radical (unpaired) electrons. The van der Waals surface area contributed by atoms with Gasteiger partial charge >= 0.3 is 0 Å². The molecular weight excluding hydrogens is 312 g/mol. The number of nitrogens with one attached hydrogen (secondary N) is 1. The molecule has 2 aromatic carbocycles. The van der Waals surface area contributed by atoms with E-state index in [2.05, 4.69) is 5.32 Å². The molecule has 0 saturated carbocycles. The topological polar surface area (TPSA) is 49.4 Å². The molecule has 0 atom stereocenters. The highest BCUT2D eigenvalue weighted by Crippen LogP contribution is 2.23. The van der Waals surface area contributed by atoms with E-state index in [1.807, 2.05) is 50.2 Å². The van der Waals surface area contributed by atoms with Crippen molar-refractivity contribution in [3.63, 3.8) is 0 Å². The van der Waals surface area contributed by atoms with Crippen molar-refractivity contribution in [3.8, 4) is 0 Å². The summed E-state index contributed by atoms with van der Waals surface area (Å²) in [6.07, 6.45) is 3.28. The number of hydrogen-bond donors (Lipinski definition) is 1. The van der Waals surface area contributed by atoms with Crippen molar-refractivity contribution in [3.05, 3.63) is 64.2 Å². The minimum atomic E-state index is -0.189. The van der Waals surface area contributed by atoms with Gasteiger partial charge in [0.25, 0.3) is 5.91 Å². The first-order valence-electron chi connectivity index (χ1n) is 8.69. The predicted octanol–water partition coefficient (Wildman–Crippen LogP) is 3.50. The highest BCUT2D eigenvalue weighted by atomic mass is 16.2. The summed E-state index contributed by atoms with van der Waals surface area (Å²) in [7, 11) is 1.66. The molecule has 0 bridgehead atoms. The van der Waals surface area contributed by atoms with Crippen LogP contribution in [0.5, 0.6) is 0 Å². The van der Waals surface area contributed by atoms with Gasteiger partial charge in [0.15, 0.2) is 0 Å². The van der Waals surface area contributed by atoms with Crippen LogP contribution in [0, 0.1) is 13.8 Å². The number of aryl methyl sites for hydroxylation is 3. The van der Waals surface area contributed by atoms with Crippen LogP contribution in [-0.4, -0.2) is 30.3 Å². The van der Waals surface area contributed by atoms with Crippen LogP contribution >= 0.6 is 0 Å². The standard InChI is InChI=1S/C21H24N2O2/c1-14-6-4-9-19(15(14)2)22-20(24)13-23(3)21(25)18-11-10-16-7-5-8-17(16)12-18/h4,6,9-12H,5,7-8,13H2,1-3H3,(H,22,24). The molecule has 2 amide bonds. The zero-order chi connectivity index (χ0) is 18.0. The molecule has 0 aromatic heterocycles. The first-order valence-corrected chi connectivity index (χ1v) is 8.69. The second kappa shape index (κ2) is 7.09. The molecule has 3 rings (SSSR count). The molecule has 1 aliphatic rings. The fourth-order valence-corrected chi connectivity index (χ4v) is 3.29. The average Bonchev–Trinajstić information content (AvgIpc) is 3.05. The molecule has 0 spiro atoms. The molecule has 0 fully saturated rings. The maximum atomic E-state index is 12.6. The molecule has 0 aliphatic heterocycles. The third-order valence-corrected chi connectivity index (χ3v) is 4.95. The zero-order valence-electron chi connectivity index (χ0n) is 15.1. The summed E-state index contributed by atoms with van der Waals surface area (Å²) < 4.78 is 0. The summed E-state index contributed by atoms with van der Waals surface area (Å²) in [5.74, 6) is -0.309. The Bertz CT molecular complexity index is 827. The number of amides is 2.